The molecule has 1 fully saturated rings. The highest BCUT2D eigenvalue weighted by atomic mass is 35.5. The molecular weight excluding hydrogens is 431 g/mol. The molecule has 1 aliphatic carbocycles. The lowest BCUT2D eigenvalue weighted by atomic mass is 9.82. The standard InChI is InChI=1S/C25H26ClFN2O3/c26-22-13-21(29-8-7-18-11-20(27)5-6-23(18)29)12-19-15-28(9-10-32-24(19)22)14-16-1-3-17(4-2-16)25(30)31/h5-8,11-13,16-17H,1-4,9-10,14-15H2,(H,30,31)/t16-,17+. The summed E-state index contributed by atoms with van der Waals surface area (Å²) in [5.41, 5.74) is 2.87. The number of nitrogens with zero attached hydrogens (tertiary/aromatic N) is 2. The van der Waals surface area contributed by atoms with E-state index in [1.165, 1.54) is 12.1 Å². The van der Waals surface area contributed by atoms with Crippen LogP contribution < -0.4 is 4.74 Å². The summed E-state index contributed by atoms with van der Waals surface area (Å²) in [6.07, 6.45) is 5.36. The number of carboxylic acid groups (broad SMARTS) is 1. The van der Waals surface area contributed by atoms with E-state index in [-0.39, 0.29) is 11.7 Å². The molecule has 1 aliphatic heterocycles. The van der Waals surface area contributed by atoms with Crippen LogP contribution >= 0.6 is 11.6 Å². The minimum Gasteiger partial charge on any atom is -0.490 e. The van der Waals surface area contributed by atoms with Gasteiger partial charge in [0.05, 0.1) is 16.5 Å². The number of benzene rings is 2. The average Bonchev–Trinajstić information content (AvgIpc) is 3.07. The van der Waals surface area contributed by atoms with Crippen molar-refractivity contribution in [3.05, 3.63) is 59.0 Å². The molecule has 1 N–H and O–H groups in total. The molecule has 0 saturated heterocycles. The van der Waals surface area contributed by atoms with Crippen molar-refractivity contribution in [1.82, 2.24) is 9.47 Å². The van der Waals surface area contributed by atoms with Crippen LogP contribution in [0.5, 0.6) is 5.75 Å². The Bertz CT molecular complexity index is 1150. The Morgan fingerprint density at radius 1 is 1.16 bits per heavy atom. The Balaban J connectivity index is 1.38. The normalized spacial score (nSPS) is 21.7. The molecule has 3 aromatic rings. The maximum absolute atomic E-state index is 13.6. The fraction of sp³-hybridized carbons (Fsp3) is 0.400. The van der Waals surface area contributed by atoms with Gasteiger partial charge >= 0.3 is 5.97 Å². The van der Waals surface area contributed by atoms with Crippen LogP contribution in [0, 0.1) is 17.7 Å². The van der Waals surface area contributed by atoms with Gasteiger partial charge in [0.1, 0.15) is 18.2 Å². The molecule has 0 spiro atoms. The molecular formula is C25H26ClFN2O3. The quantitative estimate of drug-likeness (QED) is 0.562. The summed E-state index contributed by atoms with van der Waals surface area (Å²) in [6.45, 7) is 3.05. The summed E-state index contributed by atoms with van der Waals surface area (Å²) in [7, 11) is 0. The van der Waals surface area contributed by atoms with Gasteiger partial charge < -0.3 is 14.4 Å². The second-order valence-corrected chi connectivity index (χ2v) is 9.35. The van der Waals surface area contributed by atoms with E-state index in [0.29, 0.717) is 17.5 Å². The summed E-state index contributed by atoms with van der Waals surface area (Å²) in [5, 5.41) is 10.7. The number of carbonyl (C=O) groups is 1. The van der Waals surface area contributed by atoms with E-state index in [2.05, 4.69) is 11.0 Å². The zero-order valence-electron chi connectivity index (χ0n) is 17.8. The number of hydrogen-bond donors (Lipinski definition) is 1. The highest BCUT2D eigenvalue weighted by Crippen LogP contribution is 2.36. The highest BCUT2D eigenvalue weighted by Gasteiger charge is 2.28. The van der Waals surface area contributed by atoms with Gasteiger partial charge in [0, 0.05) is 42.5 Å². The van der Waals surface area contributed by atoms with Crippen molar-refractivity contribution in [3.8, 4) is 11.4 Å². The highest BCUT2D eigenvalue weighted by molar-refractivity contribution is 6.32. The monoisotopic (exact) mass is 456 g/mol. The molecule has 0 amide bonds. The van der Waals surface area contributed by atoms with Crippen LogP contribution in [0.25, 0.3) is 16.6 Å². The van der Waals surface area contributed by atoms with Crippen LogP contribution in [0.2, 0.25) is 5.02 Å². The minimum atomic E-state index is -0.664. The van der Waals surface area contributed by atoms with Crippen molar-refractivity contribution < 1.29 is 19.0 Å². The van der Waals surface area contributed by atoms with Crippen LogP contribution in [0.3, 0.4) is 0 Å². The molecule has 0 unspecified atom stereocenters. The third kappa shape index (κ3) is 4.21. The Morgan fingerprint density at radius 3 is 2.75 bits per heavy atom. The lowest BCUT2D eigenvalue weighted by molar-refractivity contribution is -0.143. The number of halogens is 2. The van der Waals surface area contributed by atoms with E-state index in [9.17, 15) is 14.3 Å². The van der Waals surface area contributed by atoms with E-state index in [4.69, 9.17) is 16.3 Å². The first-order valence-electron chi connectivity index (χ1n) is 11.2. The van der Waals surface area contributed by atoms with E-state index in [0.717, 1.165) is 73.2 Å². The maximum atomic E-state index is 13.6. The number of hydrogen-bond acceptors (Lipinski definition) is 3. The predicted molar refractivity (Wildman–Crippen MR) is 122 cm³/mol. The summed E-state index contributed by atoms with van der Waals surface area (Å²) >= 11 is 6.63. The van der Waals surface area contributed by atoms with Gasteiger partial charge in [0.15, 0.2) is 0 Å². The number of ether oxygens (including phenoxy) is 1. The molecule has 2 heterocycles. The topological polar surface area (TPSA) is 54.7 Å². The number of carboxylic acids is 1. The zero-order chi connectivity index (χ0) is 22.2. The molecule has 2 aromatic carbocycles. The minimum absolute atomic E-state index is 0.189. The van der Waals surface area contributed by atoms with Gasteiger partial charge in [-0.15, -0.1) is 0 Å². The summed E-state index contributed by atoms with van der Waals surface area (Å²) in [4.78, 5) is 13.6. The molecule has 0 radical (unpaired) electrons. The molecule has 0 bridgehead atoms. The van der Waals surface area contributed by atoms with Crippen LogP contribution in [0.4, 0.5) is 4.39 Å². The first-order chi connectivity index (χ1) is 15.5. The van der Waals surface area contributed by atoms with E-state index < -0.39 is 5.97 Å². The third-order valence-electron chi connectivity index (χ3n) is 6.80. The van der Waals surface area contributed by atoms with Crippen molar-refractivity contribution in [1.29, 1.82) is 0 Å². The lowest BCUT2D eigenvalue weighted by Crippen LogP contribution is -2.33. The van der Waals surface area contributed by atoms with Crippen molar-refractivity contribution >= 4 is 28.5 Å². The summed E-state index contributed by atoms with van der Waals surface area (Å²) in [5.74, 6) is 0.134. The number of aromatic nitrogens is 1. The second kappa shape index (κ2) is 8.75. The second-order valence-electron chi connectivity index (χ2n) is 8.94. The zero-order valence-corrected chi connectivity index (χ0v) is 18.5. The largest absolute Gasteiger partial charge is 0.490 e. The molecule has 7 heteroatoms. The average molecular weight is 457 g/mol. The number of rotatable bonds is 4. The van der Waals surface area contributed by atoms with Crippen LogP contribution in [-0.2, 0) is 11.3 Å². The fourth-order valence-electron chi connectivity index (χ4n) is 5.10. The molecule has 1 saturated carbocycles. The lowest BCUT2D eigenvalue weighted by Gasteiger charge is -2.30. The van der Waals surface area contributed by atoms with Crippen LogP contribution in [-0.4, -0.2) is 40.2 Å². The fourth-order valence-corrected chi connectivity index (χ4v) is 5.39. The van der Waals surface area contributed by atoms with Gasteiger partial charge in [-0.3, -0.25) is 9.69 Å². The van der Waals surface area contributed by atoms with Crippen LogP contribution in [0.1, 0.15) is 31.2 Å². The maximum Gasteiger partial charge on any atom is 0.306 e. The van der Waals surface area contributed by atoms with E-state index in [1.54, 1.807) is 6.07 Å². The van der Waals surface area contributed by atoms with Crippen molar-refractivity contribution in [3.63, 3.8) is 0 Å². The predicted octanol–water partition coefficient (Wildman–Crippen LogP) is 5.51. The first-order valence-corrected chi connectivity index (χ1v) is 11.5. The van der Waals surface area contributed by atoms with Gasteiger partial charge in [-0.2, -0.15) is 0 Å². The Hall–Kier alpha value is -2.57. The number of fused-ring (bicyclic) bond motifs is 2. The molecule has 32 heavy (non-hydrogen) atoms. The van der Waals surface area contributed by atoms with Gasteiger partial charge in [-0.25, -0.2) is 4.39 Å². The Kier molecular flexibility index (Phi) is 5.82. The molecule has 5 nitrogen and oxygen atoms in total. The smallest absolute Gasteiger partial charge is 0.306 e. The van der Waals surface area contributed by atoms with E-state index in [1.807, 2.05) is 22.9 Å². The third-order valence-corrected chi connectivity index (χ3v) is 7.08. The van der Waals surface area contributed by atoms with Crippen molar-refractivity contribution in [2.24, 2.45) is 11.8 Å². The molecule has 2 aliphatic rings. The van der Waals surface area contributed by atoms with Gasteiger partial charge in [-0.1, -0.05) is 11.6 Å². The van der Waals surface area contributed by atoms with Gasteiger partial charge in [0.2, 0.25) is 0 Å². The molecule has 168 valence electrons. The number of aliphatic carboxylic acids is 1. The Labute approximate surface area is 191 Å². The molecule has 5 rings (SSSR count). The van der Waals surface area contributed by atoms with Gasteiger partial charge in [-0.05, 0) is 68.0 Å². The summed E-state index contributed by atoms with van der Waals surface area (Å²) in [6, 6.07) is 10.7. The van der Waals surface area contributed by atoms with Crippen LogP contribution in [0.15, 0.2) is 42.6 Å². The van der Waals surface area contributed by atoms with Crippen molar-refractivity contribution in [2.75, 3.05) is 19.7 Å². The van der Waals surface area contributed by atoms with Crippen molar-refractivity contribution in [2.45, 2.75) is 32.2 Å². The summed E-state index contributed by atoms with van der Waals surface area (Å²) < 4.78 is 21.6. The molecule has 1 aromatic heterocycles. The Morgan fingerprint density at radius 2 is 1.97 bits per heavy atom. The first kappa shape index (κ1) is 21.3. The van der Waals surface area contributed by atoms with E-state index >= 15 is 0 Å². The van der Waals surface area contributed by atoms with Gasteiger partial charge in [0.25, 0.3) is 0 Å². The molecule has 0 atom stereocenters. The SMILES string of the molecule is O=C(O)[C@H]1CC[C@@H](CN2CCOc3c(Cl)cc(-n4ccc5cc(F)ccc54)cc3C2)CC1.